The molecule has 1 aliphatic heterocycles. The zero-order chi connectivity index (χ0) is 9.97. The standard InChI is InChI=1S/C11H11NO2/c1-2-8-4-3-5-9(6-8)11-12-7-10(13)14-11/h3-6H,2,7H2,1H3. The van der Waals surface area contributed by atoms with Crippen molar-refractivity contribution in [2.75, 3.05) is 6.54 Å². The molecule has 0 aliphatic carbocycles. The second kappa shape index (κ2) is 3.62. The van der Waals surface area contributed by atoms with E-state index in [1.165, 1.54) is 5.56 Å². The molecule has 14 heavy (non-hydrogen) atoms. The average molecular weight is 189 g/mol. The number of nitrogens with zero attached hydrogens (tertiary/aromatic N) is 1. The van der Waals surface area contributed by atoms with Crippen LogP contribution in [0.2, 0.25) is 0 Å². The quantitative estimate of drug-likeness (QED) is 0.662. The minimum Gasteiger partial charge on any atom is -0.406 e. The maximum atomic E-state index is 10.8. The summed E-state index contributed by atoms with van der Waals surface area (Å²) in [6.45, 7) is 2.23. The molecule has 0 saturated carbocycles. The van der Waals surface area contributed by atoms with Gasteiger partial charge in [0.05, 0.1) is 0 Å². The lowest BCUT2D eigenvalue weighted by Gasteiger charge is -2.02. The van der Waals surface area contributed by atoms with E-state index in [0.29, 0.717) is 5.90 Å². The Kier molecular flexibility index (Phi) is 2.31. The van der Waals surface area contributed by atoms with Gasteiger partial charge in [0.1, 0.15) is 6.54 Å². The Balaban J connectivity index is 2.28. The van der Waals surface area contributed by atoms with Crippen molar-refractivity contribution in [1.82, 2.24) is 0 Å². The normalized spacial score (nSPS) is 15.2. The van der Waals surface area contributed by atoms with Crippen molar-refractivity contribution >= 4 is 11.9 Å². The molecule has 72 valence electrons. The van der Waals surface area contributed by atoms with E-state index in [9.17, 15) is 4.79 Å². The van der Waals surface area contributed by atoms with Crippen LogP contribution in [0.4, 0.5) is 0 Å². The van der Waals surface area contributed by atoms with Gasteiger partial charge in [-0.1, -0.05) is 19.1 Å². The van der Waals surface area contributed by atoms with E-state index >= 15 is 0 Å². The van der Waals surface area contributed by atoms with E-state index in [2.05, 4.69) is 11.9 Å². The average Bonchev–Trinajstić information content (AvgIpc) is 2.65. The fraction of sp³-hybridized carbons (Fsp3) is 0.273. The summed E-state index contributed by atoms with van der Waals surface area (Å²) >= 11 is 0. The summed E-state index contributed by atoms with van der Waals surface area (Å²) < 4.78 is 4.96. The second-order valence-corrected chi connectivity index (χ2v) is 3.15. The number of rotatable bonds is 2. The van der Waals surface area contributed by atoms with Crippen LogP contribution in [0.1, 0.15) is 18.1 Å². The van der Waals surface area contributed by atoms with Crippen molar-refractivity contribution in [2.24, 2.45) is 4.99 Å². The van der Waals surface area contributed by atoms with E-state index in [4.69, 9.17) is 4.74 Å². The fourth-order valence-corrected chi connectivity index (χ4v) is 1.38. The van der Waals surface area contributed by atoms with Crippen LogP contribution in [0.25, 0.3) is 0 Å². The lowest BCUT2D eigenvalue weighted by atomic mass is 10.1. The van der Waals surface area contributed by atoms with Crippen LogP contribution < -0.4 is 0 Å². The summed E-state index contributed by atoms with van der Waals surface area (Å²) in [7, 11) is 0. The van der Waals surface area contributed by atoms with Crippen molar-refractivity contribution < 1.29 is 9.53 Å². The molecule has 1 heterocycles. The third-order valence-electron chi connectivity index (χ3n) is 2.14. The smallest absolute Gasteiger partial charge is 0.334 e. The van der Waals surface area contributed by atoms with Crippen LogP contribution >= 0.6 is 0 Å². The number of aliphatic imine (C=N–C) groups is 1. The first-order valence-corrected chi connectivity index (χ1v) is 4.64. The zero-order valence-corrected chi connectivity index (χ0v) is 7.99. The van der Waals surface area contributed by atoms with Gasteiger partial charge in [0.2, 0.25) is 5.90 Å². The van der Waals surface area contributed by atoms with E-state index in [1.54, 1.807) is 0 Å². The first-order chi connectivity index (χ1) is 6.79. The molecule has 0 saturated heterocycles. The third kappa shape index (κ3) is 1.66. The zero-order valence-electron chi connectivity index (χ0n) is 7.99. The Bertz CT molecular complexity index is 396. The predicted molar refractivity (Wildman–Crippen MR) is 53.3 cm³/mol. The highest BCUT2D eigenvalue weighted by Gasteiger charge is 2.17. The lowest BCUT2D eigenvalue weighted by molar-refractivity contribution is -0.132. The van der Waals surface area contributed by atoms with Gasteiger partial charge in [-0.15, -0.1) is 0 Å². The van der Waals surface area contributed by atoms with Gasteiger partial charge in [0.25, 0.3) is 0 Å². The molecule has 0 atom stereocenters. The summed E-state index contributed by atoms with van der Waals surface area (Å²) in [5.74, 6) is 0.173. The molecule has 3 heteroatoms. The van der Waals surface area contributed by atoms with Crippen molar-refractivity contribution in [3.05, 3.63) is 35.4 Å². The van der Waals surface area contributed by atoms with Gasteiger partial charge < -0.3 is 4.74 Å². The molecule has 3 nitrogen and oxygen atoms in total. The molecule has 0 N–H and O–H groups in total. The Hall–Kier alpha value is -1.64. The number of esters is 1. The van der Waals surface area contributed by atoms with E-state index in [0.717, 1.165) is 12.0 Å². The molecule has 0 fully saturated rings. The van der Waals surface area contributed by atoms with Crippen molar-refractivity contribution in [3.63, 3.8) is 0 Å². The molecule has 0 aromatic heterocycles. The molecule has 0 spiro atoms. The fourth-order valence-electron chi connectivity index (χ4n) is 1.38. The summed E-state index contributed by atoms with van der Waals surface area (Å²) in [6.07, 6.45) is 0.967. The van der Waals surface area contributed by atoms with Gasteiger partial charge in [-0.3, -0.25) is 0 Å². The Morgan fingerprint density at radius 2 is 2.36 bits per heavy atom. The van der Waals surface area contributed by atoms with Crippen LogP contribution in [-0.4, -0.2) is 18.4 Å². The molecule has 1 aliphatic rings. The van der Waals surface area contributed by atoms with E-state index in [1.807, 2.05) is 24.3 Å². The maximum absolute atomic E-state index is 10.8. The van der Waals surface area contributed by atoms with Crippen molar-refractivity contribution in [1.29, 1.82) is 0 Å². The summed E-state index contributed by atoms with van der Waals surface area (Å²) in [6, 6.07) is 7.89. The van der Waals surface area contributed by atoms with Gasteiger partial charge in [-0.25, -0.2) is 9.79 Å². The molecule has 2 rings (SSSR count). The highest BCUT2D eigenvalue weighted by molar-refractivity contribution is 6.04. The molecule has 0 radical (unpaired) electrons. The highest BCUT2D eigenvalue weighted by Crippen LogP contribution is 2.11. The lowest BCUT2D eigenvalue weighted by Crippen LogP contribution is -2.05. The highest BCUT2D eigenvalue weighted by atomic mass is 16.6. The Labute approximate surface area is 82.4 Å². The Morgan fingerprint density at radius 1 is 1.50 bits per heavy atom. The monoisotopic (exact) mass is 189 g/mol. The van der Waals surface area contributed by atoms with Crippen LogP contribution in [0.5, 0.6) is 0 Å². The van der Waals surface area contributed by atoms with Crippen molar-refractivity contribution in [3.8, 4) is 0 Å². The van der Waals surface area contributed by atoms with E-state index < -0.39 is 0 Å². The van der Waals surface area contributed by atoms with E-state index in [-0.39, 0.29) is 12.5 Å². The largest absolute Gasteiger partial charge is 0.406 e. The summed E-state index contributed by atoms with van der Waals surface area (Å²) in [5.41, 5.74) is 2.10. The number of hydrogen-bond donors (Lipinski definition) is 0. The number of cyclic esters (lactones) is 1. The van der Waals surface area contributed by atoms with Crippen molar-refractivity contribution in [2.45, 2.75) is 13.3 Å². The third-order valence-corrected chi connectivity index (χ3v) is 2.14. The molecular formula is C11H11NO2. The minimum atomic E-state index is -0.276. The molecular weight excluding hydrogens is 178 g/mol. The van der Waals surface area contributed by atoms with Gasteiger partial charge in [-0.05, 0) is 24.1 Å². The molecule has 1 aromatic rings. The summed E-state index contributed by atoms with van der Waals surface area (Å²) in [4.78, 5) is 14.9. The first-order valence-electron chi connectivity index (χ1n) is 4.64. The number of ether oxygens (including phenoxy) is 1. The predicted octanol–water partition coefficient (Wildman–Crippen LogP) is 1.55. The van der Waals surface area contributed by atoms with Gasteiger partial charge >= 0.3 is 5.97 Å². The summed E-state index contributed by atoms with van der Waals surface area (Å²) in [5, 5.41) is 0. The number of hydrogen-bond acceptors (Lipinski definition) is 3. The number of aryl methyl sites for hydroxylation is 1. The van der Waals surface area contributed by atoms with Crippen LogP contribution in [-0.2, 0) is 16.0 Å². The van der Waals surface area contributed by atoms with Crippen LogP contribution in [0, 0.1) is 0 Å². The number of carbonyl (C=O) groups excluding carboxylic acids is 1. The van der Waals surface area contributed by atoms with Gasteiger partial charge in [-0.2, -0.15) is 0 Å². The van der Waals surface area contributed by atoms with Gasteiger partial charge in [0, 0.05) is 5.56 Å². The van der Waals surface area contributed by atoms with Gasteiger partial charge in [0.15, 0.2) is 0 Å². The topological polar surface area (TPSA) is 38.7 Å². The number of carbonyl (C=O) groups is 1. The number of benzene rings is 1. The SMILES string of the molecule is CCc1cccc(C2=NCC(=O)O2)c1. The molecule has 0 bridgehead atoms. The Morgan fingerprint density at radius 3 is 3.00 bits per heavy atom. The van der Waals surface area contributed by atoms with Crippen LogP contribution in [0.3, 0.4) is 0 Å². The van der Waals surface area contributed by atoms with Crippen LogP contribution in [0.15, 0.2) is 29.3 Å². The molecule has 1 aromatic carbocycles. The molecule has 0 amide bonds. The minimum absolute atomic E-state index is 0.145. The molecule has 0 unspecified atom stereocenters. The first kappa shape index (κ1) is 8.94. The maximum Gasteiger partial charge on any atom is 0.334 e. The second-order valence-electron chi connectivity index (χ2n) is 3.15.